The molecule has 2 aliphatic rings. The van der Waals surface area contributed by atoms with Gasteiger partial charge in [0.05, 0.1) is 0 Å². The Balaban J connectivity index is 1.49. The van der Waals surface area contributed by atoms with E-state index in [-0.39, 0.29) is 5.91 Å². The lowest BCUT2D eigenvalue weighted by Gasteiger charge is -2.26. The predicted octanol–water partition coefficient (Wildman–Crippen LogP) is 3.95. The van der Waals surface area contributed by atoms with E-state index in [4.69, 9.17) is 20.9 Å². The highest BCUT2D eigenvalue weighted by molar-refractivity contribution is 6.30. The summed E-state index contributed by atoms with van der Waals surface area (Å²) >= 11 is 6.04. The summed E-state index contributed by atoms with van der Waals surface area (Å²) in [5.74, 6) is 1.67. The topological polar surface area (TPSA) is 77.2 Å². The Labute approximate surface area is 162 Å². The first-order valence-electron chi connectivity index (χ1n) is 8.98. The number of nitrogens with zero attached hydrogens (tertiary/aromatic N) is 2. The van der Waals surface area contributed by atoms with E-state index in [1.165, 1.54) is 6.08 Å². The number of nitrogens with one attached hydrogen (secondary N) is 1. The van der Waals surface area contributed by atoms with Gasteiger partial charge in [0.2, 0.25) is 11.8 Å². The second kappa shape index (κ2) is 7.19. The summed E-state index contributed by atoms with van der Waals surface area (Å²) in [7, 11) is 0. The van der Waals surface area contributed by atoms with E-state index < -0.39 is 5.54 Å². The number of hydrogen-bond donors (Lipinski definition) is 1. The average Bonchev–Trinajstić information content (AvgIpc) is 3.29. The zero-order valence-electron chi connectivity index (χ0n) is 15.0. The van der Waals surface area contributed by atoms with Crippen molar-refractivity contribution in [2.24, 2.45) is 0 Å². The van der Waals surface area contributed by atoms with E-state index in [1.54, 1.807) is 19.1 Å². The first-order valence-corrected chi connectivity index (χ1v) is 9.36. The molecular weight excluding hydrogens is 366 g/mol. The predicted molar refractivity (Wildman–Crippen MR) is 101 cm³/mol. The molecule has 0 atom stereocenters. The third-order valence-electron chi connectivity index (χ3n) is 4.93. The standard InChI is InChI=1S/C20H20ClN3O3/c1-13-22-19(24-27-13)20(8-2-3-9-20)23-18(25)7-4-14-10-15-11-16(21)5-6-17(15)26-12-14/h4-7,10-11H,2-3,8-9,12H2,1H3,(H,23,25). The van der Waals surface area contributed by atoms with Crippen LogP contribution in [0.3, 0.4) is 0 Å². The fourth-order valence-corrected chi connectivity index (χ4v) is 3.78. The second-order valence-electron chi connectivity index (χ2n) is 6.94. The summed E-state index contributed by atoms with van der Waals surface area (Å²) in [6.45, 7) is 2.16. The van der Waals surface area contributed by atoms with Crippen LogP contribution in [0.1, 0.15) is 43.0 Å². The molecule has 6 nitrogen and oxygen atoms in total. The number of carbonyl (C=O) groups is 1. The van der Waals surface area contributed by atoms with Crippen LogP contribution >= 0.6 is 11.6 Å². The summed E-state index contributed by atoms with van der Waals surface area (Å²) in [5, 5.41) is 7.78. The van der Waals surface area contributed by atoms with E-state index in [0.29, 0.717) is 23.3 Å². The Bertz CT molecular complexity index is 926. The fourth-order valence-electron chi connectivity index (χ4n) is 3.60. The normalized spacial score (nSPS) is 18.1. The number of aromatic nitrogens is 2. The van der Waals surface area contributed by atoms with Gasteiger partial charge in [-0.2, -0.15) is 4.98 Å². The first kappa shape index (κ1) is 17.8. The van der Waals surface area contributed by atoms with Crippen LogP contribution in [0.4, 0.5) is 0 Å². The van der Waals surface area contributed by atoms with Crippen LogP contribution in [-0.4, -0.2) is 22.7 Å². The van der Waals surface area contributed by atoms with Crippen molar-refractivity contribution in [1.82, 2.24) is 15.5 Å². The molecule has 1 aliphatic carbocycles. The van der Waals surface area contributed by atoms with Crippen molar-refractivity contribution in [1.29, 1.82) is 0 Å². The van der Waals surface area contributed by atoms with Gasteiger partial charge >= 0.3 is 0 Å². The molecule has 2 heterocycles. The Morgan fingerprint density at radius 1 is 1.33 bits per heavy atom. The van der Waals surface area contributed by atoms with Crippen molar-refractivity contribution in [3.63, 3.8) is 0 Å². The summed E-state index contributed by atoms with van der Waals surface area (Å²) in [4.78, 5) is 16.9. The number of halogens is 1. The summed E-state index contributed by atoms with van der Waals surface area (Å²) in [5.41, 5.74) is 1.26. The number of rotatable bonds is 4. The largest absolute Gasteiger partial charge is 0.488 e. The Morgan fingerprint density at radius 3 is 2.89 bits per heavy atom. The monoisotopic (exact) mass is 385 g/mol. The lowest BCUT2D eigenvalue weighted by atomic mass is 9.96. The van der Waals surface area contributed by atoms with E-state index in [9.17, 15) is 4.79 Å². The molecule has 7 heteroatoms. The molecule has 1 saturated carbocycles. The molecule has 0 saturated heterocycles. The molecule has 1 aromatic heterocycles. The molecule has 0 spiro atoms. The maximum Gasteiger partial charge on any atom is 0.244 e. The Hall–Kier alpha value is -2.60. The van der Waals surface area contributed by atoms with E-state index >= 15 is 0 Å². The van der Waals surface area contributed by atoms with Crippen molar-refractivity contribution < 1.29 is 14.1 Å². The van der Waals surface area contributed by atoms with Crippen LogP contribution < -0.4 is 10.1 Å². The smallest absolute Gasteiger partial charge is 0.244 e. The number of fused-ring (bicyclic) bond motifs is 1. The van der Waals surface area contributed by atoms with Crippen molar-refractivity contribution >= 4 is 23.6 Å². The maximum atomic E-state index is 12.6. The molecule has 4 rings (SSSR count). The van der Waals surface area contributed by atoms with Gasteiger partial charge in [0.25, 0.3) is 0 Å². The quantitative estimate of drug-likeness (QED) is 0.806. The van der Waals surface area contributed by atoms with Crippen LogP contribution in [0.25, 0.3) is 6.08 Å². The number of hydrogen-bond acceptors (Lipinski definition) is 5. The van der Waals surface area contributed by atoms with Crippen molar-refractivity contribution in [2.45, 2.75) is 38.1 Å². The van der Waals surface area contributed by atoms with Crippen molar-refractivity contribution in [3.05, 3.63) is 58.2 Å². The van der Waals surface area contributed by atoms with Crippen LogP contribution in [0, 0.1) is 6.92 Å². The summed E-state index contributed by atoms with van der Waals surface area (Å²) < 4.78 is 10.8. The van der Waals surface area contributed by atoms with Gasteiger partial charge in [-0.15, -0.1) is 0 Å². The lowest BCUT2D eigenvalue weighted by molar-refractivity contribution is -0.118. The molecule has 0 bridgehead atoms. The molecule has 1 fully saturated rings. The number of carbonyl (C=O) groups excluding carboxylic acids is 1. The minimum absolute atomic E-state index is 0.183. The van der Waals surface area contributed by atoms with Gasteiger partial charge in [0, 0.05) is 23.6 Å². The third-order valence-corrected chi connectivity index (χ3v) is 5.17. The van der Waals surface area contributed by atoms with Crippen LogP contribution in [0.2, 0.25) is 5.02 Å². The molecule has 0 unspecified atom stereocenters. The van der Waals surface area contributed by atoms with Gasteiger partial charge in [0.15, 0.2) is 5.82 Å². The molecule has 1 amide bonds. The zero-order chi connectivity index (χ0) is 18.9. The minimum Gasteiger partial charge on any atom is -0.488 e. The van der Waals surface area contributed by atoms with Gasteiger partial charge in [-0.25, -0.2) is 0 Å². The molecule has 140 valence electrons. The van der Waals surface area contributed by atoms with Crippen molar-refractivity contribution in [3.8, 4) is 5.75 Å². The summed E-state index contributed by atoms with van der Waals surface area (Å²) in [6.07, 6.45) is 8.93. The van der Waals surface area contributed by atoms with Crippen molar-refractivity contribution in [2.75, 3.05) is 6.61 Å². The first-order chi connectivity index (χ1) is 13.0. The molecule has 1 aliphatic heterocycles. The second-order valence-corrected chi connectivity index (χ2v) is 7.38. The van der Waals surface area contributed by atoms with Gasteiger partial charge in [-0.3, -0.25) is 4.79 Å². The average molecular weight is 386 g/mol. The Morgan fingerprint density at radius 2 is 2.15 bits per heavy atom. The molecule has 1 N–H and O–H groups in total. The Kier molecular flexibility index (Phi) is 4.74. The fraction of sp³-hybridized carbons (Fsp3) is 0.350. The number of ether oxygens (including phenoxy) is 1. The van der Waals surface area contributed by atoms with Gasteiger partial charge < -0.3 is 14.6 Å². The highest BCUT2D eigenvalue weighted by Gasteiger charge is 2.40. The lowest BCUT2D eigenvalue weighted by Crippen LogP contribution is -2.44. The molecule has 2 aromatic rings. The van der Waals surface area contributed by atoms with Crippen LogP contribution in [0.15, 0.2) is 40.4 Å². The summed E-state index contributed by atoms with van der Waals surface area (Å²) in [6, 6.07) is 5.48. The molecule has 1 aromatic carbocycles. The van der Waals surface area contributed by atoms with E-state index in [2.05, 4.69) is 15.5 Å². The molecule has 27 heavy (non-hydrogen) atoms. The molecule has 0 radical (unpaired) electrons. The minimum atomic E-state index is -0.545. The third kappa shape index (κ3) is 3.76. The SMILES string of the molecule is Cc1nc(C2(NC(=O)C=CC3=Cc4cc(Cl)ccc4OC3)CCCC2)no1. The maximum absolute atomic E-state index is 12.6. The van der Waals surface area contributed by atoms with Crippen LogP contribution in [0.5, 0.6) is 5.75 Å². The number of aryl methyl sites for hydroxylation is 1. The number of amides is 1. The molecular formula is C20H20ClN3O3. The van der Waals surface area contributed by atoms with Crippen LogP contribution in [-0.2, 0) is 10.3 Å². The number of benzene rings is 1. The van der Waals surface area contributed by atoms with Gasteiger partial charge in [-0.05, 0) is 42.7 Å². The highest BCUT2D eigenvalue weighted by atomic mass is 35.5. The van der Waals surface area contributed by atoms with E-state index in [1.807, 2.05) is 18.2 Å². The van der Waals surface area contributed by atoms with Gasteiger partial charge in [0.1, 0.15) is 17.9 Å². The zero-order valence-corrected chi connectivity index (χ0v) is 15.8. The highest BCUT2D eigenvalue weighted by Crippen LogP contribution is 2.37. The van der Waals surface area contributed by atoms with E-state index in [0.717, 1.165) is 42.6 Å². The van der Waals surface area contributed by atoms with Gasteiger partial charge in [-0.1, -0.05) is 35.7 Å².